The molecule has 4 heavy (non-hydrogen) atoms. The van der Waals surface area contributed by atoms with Gasteiger partial charge >= 0.3 is 0 Å². The minimum Gasteiger partial charge on any atom is -0.403 e. The summed E-state index contributed by atoms with van der Waals surface area (Å²) in [5.74, 6) is 0. The molecule has 0 aromatic rings. The molecule has 0 rings (SSSR count). The smallest absolute Gasteiger partial charge is 0.102 e. The molecule has 0 radical (unpaired) electrons. The SMILES string of the molecule is N/C=C/F. The highest BCUT2D eigenvalue weighted by Crippen LogP contribution is 1.55. The Kier molecular flexibility index (Phi) is 2.14. The van der Waals surface area contributed by atoms with Crippen LogP contribution in [0, 0.1) is 0 Å². The fourth-order valence-corrected chi connectivity index (χ4v) is 0. The second-order valence-electron chi connectivity index (χ2n) is 0.318. The molecule has 0 aromatic carbocycles. The van der Waals surface area contributed by atoms with Gasteiger partial charge in [0.15, 0.2) is 0 Å². The largest absolute Gasteiger partial charge is 0.403 e. The average Bonchev–Trinajstić information content (AvgIpc) is 1.37. The molecule has 0 atom stereocenters. The van der Waals surface area contributed by atoms with Crippen LogP contribution in [0.1, 0.15) is 0 Å². The first-order valence-electron chi connectivity index (χ1n) is 0.885. The van der Waals surface area contributed by atoms with Crippen LogP contribution in [0.2, 0.25) is 0 Å². The van der Waals surface area contributed by atoms with E-state index in [0.29, 0.717) is 0 Å². The highest BCUT2D eigenvalue weighted by Gasteiger charge is 1.37. The summed E-state index contributed by atoms with van der Waals surface area (Å²) >= 11 is 0. The summed E-state index contributed by atoms with van der Waals surface area (Å²) < 4.78 is 10.4. The number of hydrogen-bond donors (Lipinski definition) is 1. The molecule has 2 heteroatoms. The van der Waals surface area contributed by atoms with E-state index in [1.165, 1.54) is 0 Å². The van der Waals surface area contributed by atoms with Crippen molar-refractivity contribution in [3.63, 3.8) is 0 Å². The van der Waals surface area contributed by atoms with Crippen LogP contribution in [-0.4, -0.2) is 0 Å². The van der Waals surface area contributed by atoms with Crippen molar-refractivity contribution in [3.05, 3.63) is 12.5 Å². The van der Waals surface area contributed by atoms with Crippen molar-refractivity contribution < 1.29 is 4.39 Å². The molecular formula is C2H4FN. The molecule has 24 valence electrons. The third-order valence-corrected chi connectivity index (χ3v) is 0.0727. The Morgan fingerprint density at radius 2 is 2.00 bits per heavy atom. The van der Waals surface area contributed by atoms with Crippen molar-refractivity contribution in [1.29, 1.82) is 0 Å². The monoisotopic (exact) mass is 61.0 g/mol. The second kappa shape index (κ2) is 2.47. The molecule has 0 bridgehead atoms. The number of rotatable bonds is 0. The molecule has 0 heterocycles. The fourth-order valence-electron chi connectivity index (χ4n) is 0. The van der Waals surface area contributed by atoms with Crippen LogP contribution < -0.4 is 5.73 Å². The van der Waals surface area contributed by atoms with Gasteiger partial charge in [-0.2, -0.15) is 0 Å². The zero-order chi connectivity index (χ0) is 3.41. The fraction of sp³-hybridized carbons (Fsp3) is 0. The third kappa shape index (κ3) is 1.47. The van der Waals surface area contributed by atoms with E-state index in [9.17, 15) is 4.39 Å². The van der Waals surface area contributed by atoms with Crippen LogP contribution >= 0.6 is 0 Å². The van der Waals surface area contributed by atoms with Crippen LogP contribution in [-0.2, 0) is 0 Å². The molecule has 0 fully saturated rings. The topological polar surface area (TPSA) is 26.0 Å². The molecule has 0 aliphatic rings. The molecule has 0 saturated carbocycles. The van der Waals surface area contributed by atoms with Crippen LogP contribution in [0.25, 0.3) is 0 Å². The van der Waals surface area contributed by atoms with E-state index in [1.807, 2.05) is 0 Å². The Morgan fingerprint density at radius 3 is 2.00 bits per heavy atom. The lowest BCUT2D eigenvalue weighted by molar-refractivity contribution is 0.718. The van der Waals surface area contributed by atoms with Crippen LogP contribution in [0.3, 0.4) is 0 Å². The third-order valence-electron chi connectivity index (χ3n) is 0.0727. The van der Waals surface area contributed by atoms with E-state index >= 15 is 0 Å². The van der Waals surface area contributed by atoms with E-state index in [1.54, 1.807) is 0 Å². The maximum absolute atomic E-state index is 10.4. The molecule has 0 amide bonds. The van der Waals surface area contributed by atoms with Crippen LogP contribution in [0.5, 0.6) is 0 Å². The van der Waals surface area contributed by atoms with E-state index in [2.05, 4.69) is 5.73 Å². The number of halogens is 1. The minimum absolute atomic E-state index is 0.278. The van der Waals surface area contributed by atoms with Crippen molar-refractivity contribution in [2.24, 2.45) is 5.73 Å². The zero-order valence-corrected chi connectivity index (χ0v) is 2.11. The van der Waals surface area contributed by atoms with Gasteiger partial charge in [0.2, 0.25) is 0 Å². The van der Waals surface area contributed by atoms with E-state index in [0.717, 1.165) is 6.20 Å². The molecule has 0 saturated heterocycles. The lowest BCUT2D eigenvalue weighted by Gasteiger charge is -1.50. The summed E-state index contributed by atoms with van der Waals surface area (Å²) in [7, 11) is 0. The van der Waals surface area contributed by atoms with Crippen molar-refractivity contribution in [3.8, 4) is 0 Å². The molecule has 2 N–H and O–H groups in total. The number of nitrogens with two attached hydrogens (primary N) is 1. The Hall–Kier alpha value is -0.530. The Balaban J connectivity index is 2.55. The number of hydrogen-bond acceptors (Lipinski definition) is 1. The summed E-state index contributed by atoms with van der Waals surface area (Å²) in [5, 5.41) is 0. The summed E-state index contributed by atoms with van der Waals surface area (Å²) in [4.78, 5) is 0. The first kappa shape index (κ1) is 3.47. The van der Waals surface area contributed by atoms with Crippen LogP contribution in [0.4, 0.5) is 4.39 Å². The summed E-state index contributed by atoms with van der Waals surface area (Å²) in [6.07, 6.45) is 1.11. The summed E-state index contributed by atoms with van der Waals surface area (Å²) in [6.45, 7) is 0. The highest BCUT2D eigenvalue weighted by molar-refractivity contribution is 4.58. The summed E-state index contributed by atoms with van der Waals surface area (Å²) in [6, 6.07) is 0. The van der Waals surface area contributed by atoms with Gasteiger partial charge in [0.1, 0.15) is 6.33 Å². The van der Waals surface area contributed by atoms with Crippen LogP contribution in [0.15, 0.2) is 12.5 Å². The predicted octanol–water partition coefficient (Wildman–Crippen LogP) is 0.386. The Morgan fingerprint density at radius 1 is 1.75 bits per heavy atom. The molecule has 0 spiro atoms. The van der Waals surface area contributed by atoms with Crippen molar-refractivity contribution >= 4 is 0 Å². The molecular weight excluding hydrogens is 57.0 g/mol. The molecule has 0 aromatic heterocycles. The first-order valence-corrected chi connectivity index (χ1v) is 0.885. The zero-order valence-electron chi connectivity index (χ0n) is 2.11. The predicted molar refractivity (Wildman–Crippen MR) is 14.4 cm³/mol. The highest BCUT2D eigenvalue weighted by atomic mass is 19.1. The van der Waals surface area contributed by atoms with Gasteiger partial charge in [-0.1, -0.05) is 0 Å². The van der Waals surface area contributed by atoms with E-state index < -0.39 is 0 Å². The van der Waals surface area contributed by atoms with Gasteiger partial charge in [-0.05, 0) is 0 Å². The molecule has 1 nitrogen and oxygen atoms in total. The van der Waals surface area contributed by atoms with E-state index in [-0.39, 0.29) is 6.33 Å². The van der Waals surface area contributed by atoms with Crippen molar-refractivity contribution in [2.45, 2.75) is 0 Å². The van der Waals surface area contributed by atoms with Gasteiger partial charge in [0.05, 0.1) is 0 Å². The molecule has 0 aliphatic heterocycles. The molecule has 0 unspecified atom stereocenters. The normalized spacial score (nSPS) is 9.25. The van der Waals surface area contributed by atoms with Crippen molar-refractivity contribution in [1.82, 2.24) is 0 Å². The minimum atomic E-state index is 0.278. The maximum atomic E-state index is 10.4. The average molecular weight is 61.1 g/mol. The lowest BCUT2D eigenvalue weighted by Crippen LogP contribution is -1.69. The quantitative estimate of drug-likeness (QED) is 0.430. The lowest BCUT2D eigenvalue weighted by atomic mass is 11.1. The van der Waals surface area contributed by atoms with Gasteiger partial charge in [-0.25, -0.2) is 4.39 Å². The standard InChI is InChI=1S/C2H4FN/c3-1-2-4/h1-2H,4H2/b2-1+. The van der Waals surface area contributed by atoms with Gasteiger partial charge in [-0.15, -0.1) is 0 Å². The van der Waals surface area contributed by atoms with Gasteiger partial charge in [0, 0.05) is 6.20 Å². The summed E-state index contributed by atoms with van der Waals surface area (Å²) in [5.41, 5.74) is 4.47. The van der Waals surface area contributed by atoms with Crippen molar-refractivity contribution in [2.75, 3.05) is 0 Å². The van der Waals surface area contributed by atoms with Gasteiger partial charge in [-0.3, -0.25) is 0 Å². The maximum Gasteiger partial charge on any atom is 0.102 e. The molecule has 0 aliphatic carbocycles. The van der Waals surface area contributed by atoms with Gasteiger partial charge < -0.3 is 5.73 Å². The Labute approximate surface area is 23.9 Å². The van der Waals surface area contributed by atoms with Gasteiger partial charge in [0.25, 0.3) is 0 Å². The first-order chi connectivity index (χ1) is 1.91. The second-order valence-corrected chi connectivity index (χ2v) is 0.318. The van der Waals surface area contributed by atoms with E-state index in [4.69, 9.17) is 0 Å². The Bertz CT molecular complexity index is 21.2.